The molecule has 0 saturated heterocycles. The van der Waals surface area contributed by atoms with Gasteiger partial charge in [0.2, 0.25) is 0 Å². The molecule has 0 unspecified atom stereocenters. The second-order valence-electron chi connectivity index (χ2n) is 7.39. The van der Waals surface area contributed by atoms with Crippen molar-refractivity contribution in [1.82, 2.24) is 29.5 Å². The van der Waals surface area contributed by atoms with Crippen molar-refractivity contribution in [2.75, 3.05) is 20.6 Å². The van der Waals surface area contributed by atoms with Crippen LogP contribution >= 0.6 is 11.3 Å². The third-order valence-corrected chi connectivity index (χ3v) is 5.83. The maximum absolute atomic E-state index is 13.2. The number of nitrogens with zero attached hydrogens (tertiary/aromatic N) is 6. The zero-order valence-electron chi connectivity index (χ0n) is 17.3. The van der Waals surface area contributed by atoms with Gasteiger partial charge in [-0.3, -0.25) is 14.1 Å². The highest BCUT2D eigenvalue weighted by molar-refractivity contribution is 7.15. The number of aryl methyl sites for hydroxylation is 1. The summed E-state index contributed by atoms with van der Waals surface area (Å²) in [6.45, 7) is 3.63. The summed E-state index contributed by atoms with van der Waals surface area (Å²) in [6.07, 6.45) is 2.76. The number of aromatic nitrogens is 4. The van der Waals surface area contributed by atoms with Crippen LogP contribution in [0.1, 0.15) is 33.1 Å². The van der Waals surface area contributed by atoms with Crippen LogP contribution in [-0.4, -0.2) is 56.0 Å². The number of carbonyl (C=O) groups excluding carboxylic acids is 1. The van der Waals surface area contributed by atoms with Crippen molar-refractivity contribution in [2.24, 2.45) is 0 Å². The largest absolute Gasteiger partial charge is 0.340 e. The van der Waals surface area contributed by atoms with Crippen LogP contribution in [0.4, 0.5) is 0 Å². The van der Waals surface area contributed by atoms with Crippen LogP contribution in [0, 0.1) is 6.92 Å². The predicted molar refractivity (Wildman–Crippen MR) is 114 cm³/mol. The van der Waals surface area contributed by atoms with Crippen molar-refractivity contribution >= 4 is 22.2 Å². The van der Waals surface area contributed by atoms with Gasteiger partial charge in [0.25, 0.3) is 5.91 Å². The van der Waals surface area contributed by atoms with Crippen LogP contribution < -0.4 is 0 Å². The fourth-order valence-electron chi connectivity index (χ4n) is 3.34. The van der Waals surface area contributed by atoms with Crippen molar-refractivity contribution < 1.29 is 9.42 Å². The Bertz CT molecular complexity index is 1130. The zero-order valence-corrected chi connectivity index (χ0v) is 18.1. The molecule has 8 nitrogen and oxygen atoms in total. The molecule has 156 valence electrons. The van der Waals surface area contributed by atoms with Crippen LogP contribution in [0.15, 0.2) is 46.5 Å². The first-order chi connectivity index (χ1) is 14.5. The topological polar surface area (TPSA) is 79.8 Å². The summed E-state index contributed by atoms with van der Waals surface area (Å²) < 4.78 is 6.79. The zero-order chi connectivity index (χ0) is 21.1. The number of likely N-dealkylation sites (N-methyl/N-ethyl adjacent to an activating group) is 1. The van der Waals surface area contributed by atoms with E-state index in [0.717, 1.165) is 28.5 Å². The van der Waals surface area contributed by atoms with Gasteiger partial charge in [0, 0.05) is 38.3 Å². The van der Waals surface area contributed by atoms with E-state index in [9.17, 15) is 4.79 Å². The molecule has 0 bridgehead atoms. The Morgan fingerprint density at radius 2 is 1.97 bits per heavy atom. The summed E-state index contributed by atoms with van der Waals surface area (Å²) >= 11 is 1.52. The van der Waals surface area contributed by atoms with Gasteiger partial charge in [-0.05, 0) is 26.0 Å². The number of fused-ring (bicyclic) bond motifs is 1. The van der Waals surface area contributed by atoms with Gasteiger partial charge >= 0.3 is 0 Å². The lowest BCUT2D eigenvalue weighted by molar-refractivity contribution is 0.0789. The lowest BCUT2D eigenvalue weighted by Crippen LogP contribution is -2.31. The molecule has 1 aromatic carbocycles. The number of rotatable bonds is 8. The molecule has 0 aliphatic rings. The quantitative estimate of drug-likeness (QED) is 0.433. The van der Waals surface area contributed by atoms with Gasteiger partial charge in [-0.15, -0.1) is 11.3 Å². The summed E-state index contributed by atoms with van der Waals surface area (Å²) in [4.78, 5) is 22.5. The van der Waals surface area contributed by atoms with Crippen molar-refractivity contribution in [1.29, 1.82) is 0 Å². The molecule has 0 N–H and O–H groups in total. The van der Waals surface area contributed by atoms with E-state index in [2.05, 4.69) is 32.3 Å². The van der Waals surface area contributed by atoms with Crippen molar-refractivity contribution in [3.63, 3.8) is 0 Å². The molecule has 4 aromatic rings. The molecule has 1 amide bonds. The number of carbonyl (C=O) groups is 1. The van der Waals surface area contributed by atoms with Gasteiger partial charge in [-0.2, -0.15) is 0 Å². The van der Waals surface area contributed by atoms with Crippen molar-refractivity contribution in [3.8, 4) is 0 Å². The molecule has 0 aliphatic carbocycles. The van der Waals surface area contributed by atoms with E-state index < -0.39 is 0 Å². The average molecular weight is 425 g/mol. The van der Waals surface area contributed by atoms with Gasteiger partial charge in [0.05, 0.1) is 5.69 Å². The van der Waals surface area contributed by atoms with Crippen LogP contribution in [0.25, 0.3) is 4.96 Å². The molecule has 3 heterocycles. The molecule has 0 atom stereocenters. The molecule has 0 radical (unpaired) electrons. The summed E-state index contributed by atoms with van der Waals surface area (Å²) in [5.41, 5.74) is 4.14. The van der Waals surface area contributed by atoms with E-state index in [4.69, 9.17) is 4.63 Å². The maximum Gasteiger partial charge on any atom is 0.274 e. The third kappa shape index (κ3) is 4.27. The summed E-state index contributed by atoms with van der Waals surface area (Å²) in [5.74, 6) is -0.0653. The Kier molecular flexibility index (Phi) is 5.91. The van der Waals surface area contributed by atoms with Gasteiger partial charge in [-0.1, -0.05) is 40.6 Å². The van der Waals surface area contributed by atoms with E-state index in [-0.39, 0.29) is 5.91 Å². The minimum absolute atomic E-state index is 0.0653. The van der Waals surface area contributed by atoms with E-state index >= 15 is 0 Å². The fourth-order valence-corrected chi connectivity index (χ4v) is 4.07. The first kappa shape index (κ1) is 20.2. The second-order valence-corrected chi connectivity index (χ2v) is 8.27. The SMILES string of the molecule is Cc1nonc1CN(C)Cc1c(C(=O)N(C)CCc2ccccc2)nc2sccn12. The van der Waals surface area contributed by atoms with E-state index in [0.29, 0.717) is 25.3 Å². The Morgan fingerprint density at radius 3 is 2.70 bits per heavy atom. The maximum atomic E-state index is 13.2. The molecule has 4 rings (SSSR count). The van der Waals surface area contributed by atoms with Gasteiger partial charge in [0.1, 0.15) is 11.4 Å². The molecule has 0 spiro atoms. The molecule has 0 aliphatic heterocycles. The van der Waals surface area contributed by atoms with Crippen LogP contribution in [0.2, 0.25) is 0 Å². The Morgan fingerprint density at radius 1 is 1.17 bits per heavy atom. The number of thiazole rings is 1. The molecule has 0 saturated carbocycles. The molecule has 30 heavy (non-hydrogen) atoms. The molecule has 0 fully saturated rings. The lowest BCUT2D eigenvalue weighted by Gasteiger charge is -2.19. The van der Waals surface area contributed by atoms with Crippen molar-refractivity contribution in [3.05, 3.63) is 70.2 Å². The monoisotopic (exact) mass is 424 g/mol. The normalized spacial score (nSPS) is 11.5. The van der Waals surface area contributed by atoms with Gasteiger partial charge in [0.15, 0.2) is 10.7 Å². The number of imidazole rings is 1. The number of benzene rings is 1. The second kappa shape index (κ2) is 8.76. The number of amides is 1. The minimum Gasteiger partial charge on any atom is -0.340 e. The molecule has 9 heteroatoms. The predicted octanol–water partition coefficient (Wildman–Crippen LogP) is 3.03. The first-order valence-corrected chi connectivity index (χ1v) is 10.6. The van der Waals surface area contributed by atoms with E-state index in [1.165, 1.54) is 16.9 Å². The number of hydrogen-bond acceptors (Lipinski definition) is 7. The molecular weight excluding hydrogens is 400 g/mol. The summed E-state index contributed by atoms with van der Waals surface area (Å²) in [6, 6.07) is 10.2. The van der Waals surface area contributed by atoms with E-state index in [1.807, 2.05) is 55.2 Å². The van der Waals surface area contributed by atoms with E-state index in [1.54, 1.807) is 4.90 Å². The fraction of sp³-hybridized carbons (Fsp3) is 0.333. The Hall–Kier alpha value is -3.04. The standard InChI is InChI=1S/C21H24N6O2S/c1-15-17(24-29-23-15)13-25(2)14-18-19(22-21-27(18)11-12-30-21)20(28)26(3)10-9-16-7-5-4-6-8-16/h4-8,11-12H,9-10,13-14H2,1-3H3. The first-order valence-electron chi connectivity index (χ1n) is 9.73. The highest BCUT2D eigenvalue weighted by Crippen LogP contribution is 2.21. The highest BCUT2D eigenvalue weighted by atomic mass is 32.1. The molecular formula is C21H24N6O2S. The number of hydrogen-bond donors (Lipinski definition) is 0. The van der Waals surface area contributed by atoms with Crippen LogP contribution in [0.3, 0.4) is 0 Å². The highest BCUT2D eigenvalue weighted by Gasteiger charge is 2.24. The van der Waals surface area contributed by atoms with Crippen LogP contribution in [-0.2, 0) is 19.5 Å². The average Bonchev–Trinajstić information content (AvgIpc) is 3.45. The minimum atomic E-state index is -0.0653. The molecule has 3 aromatic heterocycles. The lowest BCUT2D eigenvalue weighted by atomic mass is 10.1. The van der Waals surface area contributed by atoms with Crippen LogP contribution in [0.5, 0.6) is 0 Å². The Labute approximate surface area is 178 Å². The third-order valence-electron chi connectivity index (χ3n) is 5.07. The van der Waals surface area contributed by atoms with Gasteiger partial charge in [-0.25, -0.2) is 9.61 Å². The summed E-state index contributed by atoms with van der Waals surface area (Å²) in [7, 11) is 3.81. The van der Waals surface area contributed by atoms with Gasteiger partial charge < -0.3 is 4.90 Å². The van der Waals surface area contributed by atoms with Crippen molar-refractivity contribution in [2.45, 2.75) is 26.4 Å². The Balaban J connectivity index is 1.51. The smallest absolute Gasteiger partial charge is 0.274 e. The summed E-state index contributed by atoms with van der Waals surface area (Å²) in [5, 5.41) is 9.76.